The number of anilines is 1. The lowest BCUT2D eigenvalue weighted by atomic mass is 9.99. The maximum atomic E-state index is 12.3. The van der Waals surface area contributed by atoms with Crippen molar-refractivity contribution in [1.82, 2.24) is 9.88 Å². The summed E-state index contributed by atoms with van der Waals surface area (Å²) in [4.78, 5) is 18.3. The lowest BCUT2D eigenvalue weighted by molar-refractivity contribution is 0.0697. The number of piperidine rings is 1. The Morgan fingerprint density at radius 1 is 1.44 bits per heavy atom. The molecule has 98 valence electrons. The molecule has 18 heavy (non-hydrogen) atoms. The molecule has 0 unspecified atom stereocenters. The fourth-order valence-corrected chi connectivity index (χ4v) is 2.35. The van der Waals surface area contributed by atoms with Crippen LogP contribution in [0.4, 0.5) is 5.82 Å². The van der Waals surface area contributed by atoms with E-state index in [-0.39, 0.29) is 5.91 Å². The zero-order valence-electron chi connectivity index (χ0n) is 10.7. The van der Waals surface area contributed by atoms with Gasteiger partial charge in [-0.15, -0.1) is 0 Å². The summed E-state index contributed by atoms with van der Waals surface area (Å²) in [6.07, 6.45) is 2.15. The molecule has 1 aliphatic heterocycles. The number of hydrogen-bond donors (Lipinski definition) is 1. The van der Waals surface area contributed by atoms with E-state index >= 15 is 0 Å². The molecule has 1 aromatic rings. The Morgan fingerprint density at radius 3 is 2.72 bits per heavy atom. The Balaban J connectivity index is 2.15. The van der Waals surface area contributed by atoms with Gasteiger partial charge >= 0.3 is 0 Å². The monoisotopic (exact) mass is 267 g/mol. The van der Waals surface area contributed by atoms with Crippen LogP contribution in [0.5, 0.6) is 0 Å². The summed E-state index contributed by atoms with van der Waals surface area (Å²) in [5.74, 6) is 1.38. The third-order valence-electron chi connectivity index (χ3n) is 3.37. The van der Waals surface area contributed by atoms with Gasteiger partial charge in [0.2, 0.25) is 0 Å². The molecule has 1 N–H and O–H groups in total. The van der Waals surface area contributed by atoms with E-state index in [1.807, 2.05) is 4.90 Å². The number of carbonyl (C=O) groups is 1. The second-order valence-corrected chi connectivity index (χ2v) is 5.18. The molecule has 0 spiro atoms. The zero-order chi connectivity index (χ0) is 13.1. The van der Waals surface area contributed by atoms with E-state index in [1.54, 1.807) is 19.2 Å². The smallest absolute Gasteiger partial charge is 0.254 e. The van der Waals surface area contributed by atoms with E-state index in [1.165, 1.54) is 0 Å². The van der Waals surface area contributed by atoms with Crippen molar-refractivity contribution in [3.05, 3.63) is 22.8 Å². The molecule has 2 rings (SSSR count). The standard InChI is InChI=1S/C13H18ClN3O/c1-9-3-5-17(6-4-9)13(18)10-7-11(14)16-12(8-10)15-2/h7-9H,3-6H2,1-2H3,(H,15,16). The van der Waals surface area contributed by atoms with Crippen LogP contribution in [0.15, 0.2) is 12.1 Å². The first kappa shape index (κ1) is 13.1. The van der Waals surface area contributed by atoms with Gasteiger partial charge < -0.3 is 10.2 Å². The maximum absolute atomic E-state index is 12.3. The predicted octanol–water partition coefficient (Wildman–Crippen LogP) is 2.65. The first-order chi connectivity index (χ1) is 8.60. The highest BCUT2D eigenvalue weighted by Gasteiger charge is 2.22. The first-order valence-electron chi connectivity index (χ1n) is 6.24. The Morgan fingerprint density at radius 2 is 2.11 bits per heavy atom. The van der Waals surface area contributed by atoms with Gasteiger partial charge in [0, 0.05) is 25.7 Å². The van der Waals surface area contributed by atoms with Crippen molar-refractivity contribution in [2.75, 3.05) is 25.5 Å². The lowest BCUT2D eigenvalue weighted by Crippen LogP contribution is -2.37. The van der Waals surface area contributed by atoms with Gasteiger partial charge in [-0.25, -0.2) is 4.98 Å². The molecule has 0 radical (unpaired) electrons. The van der Waals surface area contributed by atoms with Crippen LogP contribution in [0.2, 0.25) is 5.15 Å². The second-order valence-electron chi connectivity index (χ2n) is 4.79. The van der Waals surface area contributed by atoms with Crippen molar-refractivity contribution in [3.63, 3.8) is 0 Å². The highest BCUT2D eigenvalue weighted by atomic mass is 35.5. The maximum Gasteiger partial charge on any atom is 0.254 e. The topological polar surface area (TPSA) is 45.2 Å². The SMILES string of the molecule is CNc1cc(C(=O)N2CCC(C)CC2)cc(Cl)n1. The van der Waals surface area contributed by atoms with Crippen LogP contribution >= 0.6 is 11.6 Å². The largest absolute Gasteiger partial charge is 0.373 e. The van der Waals surface area contributed by atoms with Gasteiger partial charge in [0.25, 0.3) is 5.91 Å². The fourth-order valence-electron chi connectivity index (χ4n) is 2.14. The van der Waals surface area contributed by atoms with Gasteiger partial charge in [0.15, 0.2) is 0 Å². The van der Waals surface area contributed by atoms with Crippen LogP contribution in [0.1, 0.15) is 30.1 Å². The first-order valence-corrected chi connectivity index (χ1v) is 6.62. The quantitative estimate of drug-likeness (QED) is 0.838. The Kier molecular flexibility index (Phi) is 4.07. The van der Waals surface area contributed by atoms with E-state index in [2.05, 4.69) is 17.2 Å². The average Bonchev–Trinajstić information content (AvgIpc) is 2.38. The van der Waals surface area contributed by atoms with Crippen molar-refractivity contribution in [2.45, 2.75) is 19.8 Å². The van der Waals surface area contributed by atoms with Crippen molar-refractivity contribution in [3.8, 4) is 0 Å². The molecule has 1 fully saturated rings. The summed E-state index contributed by atoms with van der Waals surface area (Å²) >= 11 is 5.91. The molecule has 4 nitrogen and oxygen atoms in total. The number of rotatable bonds is 2. The average molecular weight is 268 g/mol. The molecular formula is C13H18ClN3O. The summed E-state index contributed by atoms with van der Waals surface area (Å²) in [6, 6.07) is 3.37. The van der Waals surface area contributed by atoms with E-state index in [4.69, 9.17) is 11.6 Å². The minimum absolute atomic E-state index is 0.0442. The summed E-state index contributed by atoms with van der Waals surface area (Å²) in [6.45, 7) is 3.88. The molecule has 5 heteroatoms. The minimum Gasteiger partial charge on any atom is -0.373 e. The number of nitrogens with one attached hydrogen (secondary N) is 1. The third-order valence-corrected chi connectivity index (χ3v) is 3.56. The van der Waals surface area contributed by atoms with E-state index < -0.39 is 0 Å². The summed E-state index contributed by atoms with van der Waals surface area (Å²) in [5, 5.41) is 3.25. The summed E-state index contributed by atoms with van der Waals surface area (Å²) < 4.78 is 0. The number of aromatic nitrogens is 1. The molecule has 0 atom stereocenters. The number of pyridine rings is 1. The lowest BCUT2D eigenvalue weighted by Gasteiger charge is -2.30. The van der Waals surface area contributed by atoms with Crippen molar-refractivity contribution in [1.29, 1.82) is 0 Å². The molecule has 2 heterocycles. The summed E-state index contributed by atoms with van der Waals surface area (Å²) in [5.41, 5.74) is 0.605. The molecule has 1 saturated heterocycles. The molecule has 0 saturated carbocycles. The Bertz CT molecular complexity index is 442. The van der Waals surface area contributed by atoms with Crippen LogP contribution in [0, 0.1) is 5.92 Å². The Labute approximate surface area is 112 Å². The van der Waals surface area contributed by atoms with Crippen molar-refractivity contribution in [2.24, 2.45) is 5.92 Å². The fraction of sp³-hybridized carbons (Fsp3) is 0.538. The number of amides is 1. The van der Waals surface area contributed by atoms with Crippen LogP contribution < -0.4 is 5.32 Å². The normalized spacial score (nSPS) is 16.7. The summed E-state index contributed by atoms with van der Waals surface area (Å²) in [7, 11) is 1.76. The van der Waals surface area contributed by atoms with Gasteiger partial charge in [-0.3, -0.25) is 4.79 Å². The van der Waals surface area contributed by atoms with Gasteiger partial charge in [0.1, 0.15) is 11.0 Å². The molecule has 0 aliphatic carbocycles. The van der Waals surface area contributed by atoms with Crippen molar-refractivity contribution >= 4 is 23.3 Å². The number of likely N-dealkylation sites (tertiary alicyclic amines) is 1. The zero-order valence-corrected chi connectivity index (χ0v) is 11.5. The Hall–Kier alpha value is -1.29. The predicted molar refractivity (Wildman–Crippen MR) is 73.1 cm³/mol. The minimum atomic E-state index is 0.0442. The second kappa shape index (κ2) is 5.57. The molecule has 0 aromatic carbocycles. The van der Waals surface area contributed by atoms with Gasteiger partial charge in [-0.05, 0) is 30.9 Å². The van der Waals surface area contributed by atoms with E-state index in [9.17, 15) is 4.79 Å². The van der Waals surface area contributed by atoms with Gasteiger partial charge in [-0.1, -0.05) is 18.5 Å². The van der Waals surface area contributed by atoms with Gasteiger partial charge in [-0.2, -0.15) is 0 Å². The third kappa shape index (κ3) is 2.93. The molecule has 1 aliphatic rings. The number of carbonyl (C=O) groups excluding carboxylic acids is 1. The molecule has 1 aromatic heterocycles. The molecular weight excluding hydrogens is 250 g/mol. The van der Waals surface area contributed by atoms with E-state index in [0.717, 1.165) is 25.9 Å². The highest BCUT2D eigenvalue weighted by Crippen LogP contribution is 2.20. The molecule has 1 amide bonds. The number of halogens is 1. The van der Waals surface area contributed by atoms with Crippen LogP contribution in [0.3, 0.4) is 0 Å². The van der Waals surface area contributed by atoms with Crippen LogP contribution in [0.25, 0.3) is 0 Å². The van der Waals surface area contributed by atoms with Crippen LogP contribution in [-0.4, -0.2) is 35.9 Å². The van der Waals surface area contributed by atoms with E-state index in [0.29, 0.717) is 22.5 Å². The highest BCUT2D eigenvalue weighted by molar-refractivity contribution is 6.29. The number of nitrogens with zero attached hydrogens (tertiary/aromatic N) is 2. The molecule has 0 bridgehead atoms. The van der Waals surface area contributed by atoms with Crippen LogP contribution in [-0.2, 0) is 0 Å². The van der Waals surface area contributed by atoms with Crippen molar-refractivity contribution < 1.29 is 4.79 Å². The van der Waals surface area contributed by atoms with Gasteiger partial charge in [0.05, 0.1) is 0 Å². The number of hydrogen-bond acceptors (Lipinski definition) is 3.